The number of anilines is 2. The number of Topliss-reactive ketones (excluding diaryl/α,β-unsaturated/α-hetero) is 1. The highest BCUT2D eigenvalue weighted by molar-refractivity contribution is 5.96. The zero-order chi connectivity index (χ0) is 20.2. The first kappa shape index (κ1) is 18.8. The smallest absolute Gasteiger partial charge is 0.227 e. The van der Waals surface area contributed by atoms with Crippen LogP contribution < -0.4 is 10.2 Å². The van der Waals surface area contributed by atoms with Gasteiger partial charge in [0.25, 0.3) is 0 Å². The van der Waals surface area contributed by atoms with Crippen molar-refractivity contribution in [2.75, 3.05) is 23.3 Å². The van der Waals surface area contributed by atoms with Gasteiger partial charge in [-0.2, -0.15) is 0 Å². The lowest BCUT2D eigenvalue weighted by molar-refractivity contribution is -0.120. The molecule has 4 rings (SSSR count). The molecule has 1 fully saturated rings. The molecule has 8 heteroatoms. The first-order valence-corrected chi connectivity index (χ1v) is 9.57. The molecule has 0 aliphatic carbocycles. The zero-order valence-electron chi connectivity index (χ0n) is 16.2. The van der Waals surface area contributed by atoms with Gasteiger partial charge in [-0.1, -0.05) is 0 Å². The molecule has 8 nitrogen and oxygen atoms in total. The summed E-state index contributed by atoms with van der Waals surface area (Å²) in [5.41, 5.74) is 1.35. The van der Waals surface area contributed by atoms with E-state index in [1.807, 2.05) is 16.8 Å². The van der Waals surface area contributed by atoms with Crippen molar-refractivity contribution in [1.29, 1.82) is 0 Å². The molecule has 0 spiro atoms. The lowest BCUT2D eigenvalue weighted by Gasteiger charge is -2.32. The maximum atomic E-state index is 12.6. The number of nitrogens with zero attached hydrogens (tertiary/aromatic N) is 5. The molecule has 1 saturated heterocycles. The van der Waals surface area contributed by atoms with E-state index in [-0.39, 0.29) is 17.6 Å². The topological polar surface area (TPSA) is 93.0 Å². The van der Waals surface area contributed by atoms with Gasteiger partial charge in [0.1, 0.15) is 24.3 Å². The van der Waals surface area contributed by atoms with Gasteiger partial charge in [0.15, 0.2) is 5.78 Å². The molecule has 1 amide bonds. The molecule has 0 radical (unpaired) electrons. The molecule has 1 N–H and O–H groups in total. The van der Waals surface area contributed by atoms with Gasteiger partial charge in [-0.3, -0.25) is 14.2 Å². The largest absolute Gasteiger partial charge is 0.356 e. The quantitative estimate of drug-likeness (QED) is 0.674. The normalized spacial score (nSPS) is 14.6. The number of benzene rings is 1. The SMILES string of the molecule is CC(=O)c1ccc(NC(=O)C2CCN(c3cc(-n4ccnc4)ncn3)CC2)cc1. The standard InChI is InChI=1S/C21H22N6O2/c1-15(28)16-2-4-18(5-3-16)25-21(29)17-6-9-26(10-7-17)19-12-20(24-13-23-19)27-11-8-22-14-27/h2-5,8,11-14,17H,6-7,9-10H2,1H3,(H,25,29). The fourth-order valence-electron chi connectivity index (χ4n) is 3.45. The molecule has 0 unspecified atom stereocenters. The Balaban J connectivity index is 1.35. The second kappa shape index (κ2) is 8.22. The molecule has 3 aromatic rings. The van der Waals surface area contributed by atoms with E-state index in [9.17, 15) is 9.59 Å². The molecular weight excluding hydrogens is 368 g/mol. The van der Waals surface area contributed by atoms with Crippen molar-refractivity contribution >= 4 is 23.2 Å². The summed E-state index contributed by atoms with van der Waals surface area (Å²) in [6, 6.07) is 8.92. The van der Waals surface area contributed by atoms with Crippen LogP contribution in [0.1, 0.15) is 30.1 Å². The fourth-order valence-corrected chi connectivity index (χ4v) is 3.45. The number of nitrogens with one attached hydrogen (secondary N) is 1. The van der Waals surface area contributed by atoms with Gasteiger partial charge < -0.3 is 10.2 Å². The number of piperidine rings is 1. The van der Waals surface area contributed by atoms with Gasteiger partial charge in [0, 0.05) is 48.7 Å². The lowest BCUT2D eigenvalue weighted by Crippen LogP contribution is -2.38. The molecule has 1 aliphatic heterocycles. The minimum atomic E-state index is -0.0475. The maximum absolute atomic E-state index is 12.6. The number of hydrogen-bond acceptors (Lipinski definition) is 6. The summed E-state index contributed by atoms with van der Waals surface area (Å²) >= 11 is 0. The number of rotatable bonds is 5. The molecule has 148 valence electrons. The van der Waals surface area contributed by atoms with E-state index in [0.717, 1.165) is 37.6 Å². The highest BCUT2D eigenvalue weighted by atomic mass is 16.2. The Hall–Kier alpha value is -3.55. The summed E-state index contributed by atoms with van der Waals surface area (Å²) in [6.45, 7) is 3.03. The second-order valence-electron chi connectivity index (χ2n) is 7.09. The molecule has 29 heavy (non-hydrogen) atoms. The summed E-state index contributed by atoms with van der Waals surface area (Å²) in [7, 11) is 0. The van der Waals surface area contributed by atoms with Crippen molar-refractivity contribution < 1.29 is 9.59 Å². The van der Waals surface area contributed by atoms with Crippen LogP contribution in [0.2, 0.25) is 0 Å². The van der Waals surface area contributed by atoms with Gasteiger partial charge in [0.2, 0.25) is 5.91 Å². The first-order chi connectivity index (χ1) is 14.1. The van der Waals surface area contributed by atoms with Crippen LogP contribution in [0.5, 0.6) is 0 Å². The second-order valence-corrected chi connectivity index (χ2v) is 7.09. The van der Waals surface area contributed by atoms with E-state index < -0.39 is 0 Å². The third-order valence-corrected chi connectivity index (χ3v) is 5.16. The number of hydrogen-bond donors (Lipinski definition) is 1. The van der Waals surface area contributed by atoms with E-state index in [4.69, 9.17) is 0 Å². The Morgan fingerprint density at radius 1 is 1.07 bits per heavy atom. The number of imidazole rings is 1. The summed E-state index contributed by atoms with van der Waals surface area (Å²) in [6.07, 6.45) is 8.30. The summed E-state index contributed by atoms with van der Waals surface area (Å²) in [5, 5.41) is 2.96. The van der Waals surface area contributed by atoms with Crippen LogP contribution in [-0.2, 0) is 4.79 Å². The molecule has 0 saturated carbocycles. The van der Waals surface area contributed by atoms with Gasteiger partial charge in [-0.05, 0) is 44.0 Å². The van der Waals surface area contributed by atoms with Crippen LogP contribution in [0, 0.1) is 5.92 Å². The Kier molecular flexibility index (Phi) is 5.33. The number of carbonyl (C=O) groups is 2. The Morgan fingerprint density at radius 3 is 2.45 bits per heavy atom. The van der Waals surface area contributed by atoms with Crippen LogP contribution in [0.25, 0.3) is 5.82 Å². The van der Waals surface area contributed by atoms with Crippen molar-refractivity contribution in [3.05, 3.63) is 60.9 Å². The van der Waals surface area contributed by atoms with E-state index >= 15 is 0 Å². The monoisotopic (exact) mass is 390 g/mol. The first-order valence-electron chi connectivity index (χ1n) is 9.57. The van der Waals surface area contributed by atoms with Crippen molar-refractivity contribution in [2.24, 2.45) is 5.92 Å². The molecule has 0 bridgehead atoms. The lowest BCUT2D eigenvalue weighted by atomic mass is 9.95. The maximum Gasteiger partial charge on any atom is 0.227 e. The fraction of sp³-hybridized carbons (Fsp3) is 0.286. The minimum Gasteiger partial charge on any atom is -0.356 e. The predicted molar refractivity (Wildman–Crippen MR) is 109 cm³/mol. The van der Waals surface area contributed by atoms with Gasteiger partial charge in [-0.25, -0.2) is 15.0 Å². The number of carbonyl (C=O) groups excluding carboxylic acids is 2. The summed E-state index contributed by atoms with van der Waals surface area (Å²) < 4.78 is 1.84. The van der Waals surface area contributed by atoms with Gasteiger partial charge in [0.05, 0.1) is 0 Å². The van der Waals surface area contributed by atoms with Crippen LogP contribution in [0.3, 0.4) is 0 Å². The van der Waals surface area contributed by atoms with E-state index in [1.165, 1.54) is 6.92 Å². The highest BCUT2D eigenvalue weighted by Gasteiger charge is 2.26. The zero-order valence-corrected chi connectivity index (χ0v) is 16.2. The van der Waals surface area contributed by atoms with E-state index in [0.29, 0.717) is 11.3 Å². The summed E-state index contributed by atoms with van der Waals surface area (Å²) in [5.74, 6) is 1.59. The third-order valence-electron chi connectivity index (χ3n) is 5.16. The van der Waals surface area contributed by atoms with Crippen molar-refractivity contribution in [3.8, 4) is 5.82 Å². The Bertz CT molecular complexity index is 992. The van der Waals surface area contributed by atoms with Gasteiger partial charge in [-0.15, -0.1) is 0 Å². The van der Waals surface area contributed by atoms with Crippen LogP contribution in [-0.4, -0.2) is 44.3 Å². The van der Waals surface area contributed by atoms with Crippen LogP contribution >= 0.6 is 0 Å². The number of amides is 1. The Labute approximate surface area is 168 Å². The van der Waals surface area contributed by atoms with Gasteiger partial charge >= 0.3 is 0 Å². The molecular formula is C21H22N6O2. The molecule has 3 heterocycles. The Morgan fingerprint density at radius 2 is 1.79 bits per heavy atom. The van der Waals surface area contributed by atoms with Crippen molar-refractivity contribution in [1.82, 2.24) is 19.5 Å². The van der Waals surface area contributed by atoms with E-state index in [2.05, 4.69) is 25.2 Å². The van der Waals surface area contributed by atoms with E-state index in [1.54, 1.807) is 43.1 Å². The number of aromatic nitrogens is 4. The average Bonchev–Trinajstić information content (AvgIpc) is 3.29. The molecule has 1 aromatic carbocycles. The number of ketones is 1. The van der Waals surface area contributed by atoms with Crippen molar-refractivity contribution in [3.63, 3.8) is 0 Å². The van der Waals surface area contributed by atoms with Crippen LogP contribution in [0.4, 0.5) is 11.5 Å². The van der Waals surface area contributed by atoms with Crippen LogP contribution in [0.15, 0.2) is 55.4 Å². The molecule has 1 aliphatic rings. The van der Waals surface area contributed by atoms with Crippen molar-refractivity contribution in [2.45, 2.75) is 19.8 Å². The summed E-state index contributed by atoms with van der Waals surface area (Å²) in [4.78, 5) is 38.9. The average molecular weight is 390 g/mol. The molecule has 0 atom stereocenters. The highest BCUT2D eigenvalue weighted by Crippen LogP contribution is 2.24. The third kappa shape index (κ3) is 4.31. The predicted octanol–water partition coefficient (Wildman–Crippen LogP) is 2.72. The minimum absolute atomic E-state index is 0.0103. The molecule has 2 aromatic heterocycles.